The minimum absolute atomic E-state index is 0.0780. The second-order valence-corrected chi connectivity index (χ2v) is 8.86. The summed E-state index contributed by atoms with van der Waals surface area (Å²) < 4.78 is 47.1. The molecule has 180 valence electrons. The van der Waals surface area contributed by atoms with E-state index < -0.39 is 6.36 Å². The first kappa shape index (κ1) is 24.8. The van der Waals surface area contributed by atoms with Crippen molar-refractivity contribution in [3.05, 3.63) is 29.8 Å². The Labute approximate surface area is 188 Å². The average Bonchev–Trinajstić information content (AvgIpc) is 2.91. The molecule has 1 amide bonds. The third kappa shape index (κ3) is 7.08. The van der Waals surface area contributed by atoms with Crippen LogP contribution in [0.25, 0.3) is 0 Å². The molecular formula is C23H34F3N3O3. The molecule has 32 heavy (non-hydrogen) atoms. The SMILES string of the molecule is CCN1CCC(N2CC(=O)N(C(C)C)C[C@H](OCc3ccc(OC(F)(F)F)cc3)C2)CC1. The first-order chi connectivity index (χ1) is 15.1. The van der Waals surface area contributed by atoms with Crippen molar-refractivity contribution in [1.82, 2.24) is 14.7 Å². The highest BCUT2D eigenvalue weighted by atomic mass is 19.4. The van der Waals surface area contributed by atoms with E-state index >= 15 is 0 Å². The second kappa shape index (κ2) is 10.9. The molecule has 1 aromatic rings. The van der Waals surface area contributed by atoms with Gasteiger partial charge in [0.15, 0.2) is 0 Å². The highest BCUT2D eigenvalue weighted by Crippen LogP contribution is 2.24. The highest BCUT2D eigenvalue weighted by Gasteiger charge is 2.34. The molecule has 1 aromatic carbocycles. The van der Waals surface area contributed by atoms with Crippen LogP contribution >= 0.6 is 0 Å². The molecule has 6 nitrogen and oxygen atoms in total. The lowest BCUT2D eigenvalue weighted by Gasteiger charge is -2.38. The smallest absolute Gasteiger partial charge is 0.406 e. The van der Waals surface area contributed by atoms with E-state index in [2.05, 4.69) is 21.5 Å². The van der Waals surface area contributed by atoms with Crippen LogP contribution in [0.5, 0.6) is 5.75 Å². The minimum Gasteiger partial charge on any atom is -0.406 e. The summed E-state index contributed by atoms with van der Waals surface area (Å²) in [6.07, 6.45) is -2.80. The topological polar surface area (TPSA) is 45.2 Å². The summed E-state index contributed by atoms with van der Waals surface area (Å²) in [5.74, 6) is -0.130. The number of amides is 1. The van der Waals surface area contributed by atoms with Crippen molar-refractivity contribution in [3.63, 3.8) is 0 Å². The van der Waals surface area contributed by atoms with E-state index in [1.165, 1.54) is 12.1 Å². The molecule has 2 saturated heterocycles. The molecule has 0 aliphatic carbocycles. The Morgan fingerprint density at radius 1 is 1.09 bits per heavy atom. The summed E-state index contributed by atoms with van der Waals surface area (Å²) >= 11 is 0. The molecule has 2 heterocycles. The Balaban J connectivity index is 1.63. The van der Waals surface area contributed by atoms with Crippen molar-refractivity contribution >= 4 is 5.91 Å². The Bertz CT molecular complexity index is 734. The molecule has 0 N–H and O–H groups in total. The fourth-order valence-corrected chi connectivity index (χ4v) is 4.45. The minimum atomic E-state index is -4.71. The summed E-state index contributed by atoms with van der Waals surface area (Å²) in [4.78, 5) is 19.5. The van der Waals surface area contributed by atoms with Gasteiger partial charge < -0.3 is 19.3 Å². The van der Waals surface area contributed by atoms with E-state index in [1.54, 1.807) is 12.1 Å². The normalized spacial score (nSPS) is 22.4. The van der Waals surface area contributed by atoms with Crippen molar-refractivity contribution in [2.24, 2.45) is 0 Å². The highest BCUT2D eigenvalue weighted by molar-refractivity contribution is 5.79. The van der Waals surface area contributed by atoms with Crippen LogP contribution in [0.15, 0.2) is 24.3 Å². The number of nitrogens with zero attached hydrogens (tertiary/aromatic N) is 3. The predicted octanol–water partition coefficient (Wildman–Crippen LogP) is 3.51. The lowest BCUT2D eigenvalue weighted by Crippen LogP contribution is -2.48. The van der Waals surface area contributed by atoms with Crippen LogP contribution in [0, 0.1) is 0 Å². The van der Waals surface area contributed by atoms with Crippen LogP contribution in [-0.4, -0.2) is 84.4 Å². The molecule has 9 heteroatoms. The number of ether oxygens (including phenoxy) is 2. The quantitative estimate of drug-likeness (QED) is 0.627. The van der Waals surface area contributed by atoms with E-state index in [1.807, 2.05) is 18.7 Å². The van der Waals surface area contributed by atoms with Crippen molar-refractivity contribution in [2.45, 2.75) is 64.8 Å². The number of halogens is 3. The third-order valence-electron chi connectivity index (χ3n) is 6.28. The summed E-state index contributed by atoms with van der Waals surface area (Å²) in [7, 11) is 0. The number of carbonyl (C=O) groups excluding carboxylic acids is 1. The molecule has 0 bridgehead atoms. The second-order valence-electron chi connectivity index (χ2n) is 8.86. The molecule has 2 aliphatic heterocycles. The molecule has 2 aliphatic rings. The van der Waals surface area contributed by atoms with Crippen LogP contribution in [0.4, 0.5) is 13.2 Å². The molecule has 0 aromatic heterocycles. The first-order valence-corrected chi connectivity index (χ1v) is 11.4. The molecule has 0 saturated carbocycles. The number of benzene rings is 1. The third-order valence-corrected chi connectivity index (χ3v) is 6.28. The van der Waals surface area contributed by atoms with Gasteiger partial charge >= 0.3 is 6.36 Å². The fourth-order valence-electron chi connectivity index (χ4n) is 4.45. The molecule has 0 spiro atoms. The van der Waals surface area contributed by atoms with Gasteiger partial charge in [0.25, 0.3) is 0 Å². The molecule has 2 fully saturated rings. The molecule has 3 rings (SSSR count). The van der Waals surface area contributed by atoms with E-state index in [0.29, 0.717) is 25.7 Å². The summed E-state index contributed by atoms with van der Waals surface area (Å²) in [5.41, 5.74) is 0.758. The van der Waals surface area contributed by atoms with Crippen molar-refractivity contribution in [3.8, 4) is 5.75 Å². The molecule has 0 unspecified atom stereocenters. The first-order valence-electron chi connectivity index (χ1n) is 11.4. The van der Waals surface area contributed by atoms with Crippen molar-refractivity contribution < 1.29 is 27.4 Å². The van der Waals surface area contributed by atoms with Gasteiger partial charge in [-0.3, -0.25) is 9.69 Å². The Morgan fingerprint density at radius 3 is 2.31 bits per heavy atom. The van der Waals surface area contributed by atoms with E-state index in [-0.39, 0.29) is 30.4 Å². The largest absolute Gasteiger partial charge is 0.573 e. The van der Waals surface area contributed by atoms with E-state index in [9.17, 15) is 18.0 Å². The van der Waals surface area contributed by atoms with Crippen molar-refractivity contribution in [1.29, 1.82) is 0 Å². The molecule has 0 radical (unpaired) electrons. The maximum atomic E-state index is 12.9. The lowest BCUT2D eigenvalue weighted by atomic mass is 10.0. The standard InChI is InChI=1S/C23H34F3N3O3/c1-4-27-11-9-19(10-12-27)28-13-21(14-29(17(2)3)22(30)15-28)31-16-18-5-7-20(8-6-18)32-23(24,25)26/h5-8,17,19,21H,4,9-16H2,1-3H3/t21-/m1/s1. The van der Waals surface area contributed by atoms with Crippen LogP contribution in [0.2, 0.25) is 0 Å². The van der Waals surface area contributed by atoms with Crippen molar-refractivity contribution in [2.75, 3.05) is 39.3 Å². The van der Waals surface area contributed by atoms with Gasteiger partial charge in [0, 0.05) is 25.2 Å². The lowest BCUT2D eigenvalue weighted by molar-refractivity contribution is -0.274. The number of alkyl halides is 3. The zero-order valence-corrected chi connectivity index (χ0v) is 19.1. The maximum absolute atomic E-state index is 12.9. The Morgan fingerprint density at radius 2 is 1.75 bits per heavy atom. The average molecular weight is 458 g/mol. The number of carbonyl (C=O) groups is 1. The van der Waals surface area contributed by atoms with E-state index in [0.717, 1.165) is 38.0 Å². The molecule has 1 atom stereocenters. The summed E-state index contributed by atoms with van der Waals surface area (Å²) in [6, 6.07) is 6.16. The fraction of sp³-hybridized carbons (Fsp3) is 0.696. The number of piperidine rings is 1. The zero-order chi connectivity index (χ0) is 23.3. The Hall–Kier alpha value is -1.84. The molecular weight excluding hydrogens is 423 g/mol. The number of likely N-dealkylation sites (tertiary alicyclic amines) is 1. The summed E-state index contributed by atoms with van der Waals surface area (Å²) in [5, 5.41) is 0. The van der Waals surface area contributed by atoms with Gasteiger partial charge in [-0.1, -0.05) is 19.1 Å². The van der Waals surface area contributed by atoms with Gasteiger partial charge in [-0.15, -0.1) is 13.2 Å². The maximum Gasteiger partial charge on any atom is 0.573 e. The van der Waals surface area contributed by atoms with Gasteiger partial charge in [-0.2, -0.15) is 0 Å². The van der Waals surface area contributed by atoms with Gasteiger partial charge in [0.05, 0.1) is 19.3 Å². The Kier molecular flexibility index (Phi) is 8.41. The summed E-state index contributed by atoms with van der Waals surface area (Å²) in [6.45, 7) is 11.1. The monoisotopic (exact) mass is 457 g/mol. The van der Waals surface area contributed by atoms with Crippen LogP contribution in [0.3, 0.4) is 0 Å². The van der Waals surface area contributed by atoms with Crippen LogP contribution < -0.4 is 4.74 Å². The predicted molar refractivity (Wildman–Crippen MR) is 115 cm³/mol. The van der Waals surface area contributed by atoms with Crippen LogP contribution in [0.1, 0.15) is 39.2 Å². The number of hydrogen-bond donors (Lipinski definition) is 0. The number of hydrogen-bond acceptors (Lipinski definition) is 5. The van der Waals surface area contributed by atoms with Gasteiger partial charge in [-0.25, -0.2) is 0 Å². The van der Waals surface area contributed by atoms with Gasteiger partial charge in [-0.05, 0) is 64.0 Å². The van der Waals surface area contributed by atoms with Crippen LogP contribution in [-0.2, 0) is 16.1 Å². The number of rotatable bonds is 7. The zero-order valence-electron chi connectivity index (χ0n) is 19.1. The van der Waals surface area contributed by atoms with Gasteiger partial charge in [0.2, 0.25) is 5.91 Å². The van der Waals surface area contributed by atoms with E-state index in [4.69, 9.17) is 4.74 Å². The van der Waals surface area contributed by atoms with Gasteiger partial charge in [0.1, 0.15) is 5.75 Å².